The van der Waals surface area contributed by atoms with Crippen molar-refractivity contribution in [1.82, 2.24) is 0 Å². The lowest BCUT2D eigenvalue weighted by Crippen LogP contribution is -2.10. The first-order chi connectivity index (χ1) is 32.7. The maximum atomic E-state index is 6.70. The van der Waals surface area contributed by atoms with Crippen LogP contribution in [0.15, 0.2) is 253 Å². The van der Waals surface area contributed by atoms with Crippen molar-refractivity contribution in [3.63, 3.8) is 0 Å². The van der Waals surface area contributed by atoms with E-state index >= 15 is 0 Å². The zero-order valence-electron chi connectivity index (χ0n) is 36.0. The topological polar surface area (TPSA) is 16.4 Å². The molecule has 0 aliphatic carbocycles. The monoisotopic (exact) mass is 839 g/mol. The fraction of sp³-hybridized carbons (Fsp3) is 0. The van der Waals surface area contributed by atoms with Crippen molar-refractivity contribution < 1.29 is 4.42 Å². The number of anilines is 3. The van der Waals surface area contributed by atoms with E-state index in [9.17, 15) is 0 Å². The Hall–Kier alpha value is -8.72. The number of furan rings is 1. The summed E-state index contributed by atoms with van der Waals surface area (Å²) in [6.45, 7) is 0. The van der Waals surface area contributed by atoms with E-state index in [0.717, 1.165) is 44.6 Å². The fourth-order valence-corrected chi connectivity index (χ4v) is 10.4. The van der Waals surface area contributed by atoms with Crippen LogP contribution in [-0.2, 0) is 0 Å². The quantitative estimate of drug-likeness (QED) is 0.149. The molecule has 0 spiro atoms. The maximum absolute atomic E-state index is 6.70. The Morgan fingerprint density at radius 1 is 0.273 bits per heavy atom. The van der Waals surface area contributed by atoms with E-state index in [-0.39, 0.29) is 0 Å². The van der Waals surface area contributed by atoms with Crippen LogP contribution in [0.1, 0.15) is 0 Å². The van der Waals surface area contributed by atoms with Crippen LogP contribution in [0.5, 0.6) is 0 Å². The summed E-state index contributed by atoms with van der Waals surface area (Å²) in [5.41, 5.74) is 14.4. The molecule has 0 saturated carbocycles. The third-order valence-corrected chi connectivity index (χ3v) is 13.4. The van der Waals surface area contributed by atoms with Gasteiger partial charge >= 0.3 is 0 Å². The highest BCUT2D eigenvalue weighted by Crippen LogP contribution is 2.47. The highest BCUT2D eigenvalue weighted by atomic mass is 16.3. The molecular formula is C64H41NO. The Bertz CT molecular complexity index is 3960. The van der Waals surface area contributed by atoms with Gasteiger partial charge in [0.25, 0.3) is 0 Å². The number of benzene rings is 12. The summed E-state index contributed by atoms with van der Waals surface area (Å²) in [6.07, 6.45) is 0. The summed E-state index contributed by atoms with van der Waals surface area (Å²) >= 11 is 0. The van der Waals surface area contributed by atoms with Gasteiger partial charge < -0.3 is 9.32 Å². The van der Waals surface area contributed by atoms with Crippen molar-refractivity contribution >= 4 is 82.1 Å². The smallest absolute Gasteiger partial charge is 0.159 e. The normalized spacial score (nSPS) is 11.6. The molecule has 0 radical (unpaired) electrons. The summed E-state index contributed by atoms with van der Waals surface area (Å²) < 4.78 is 6.70. The first kappa shape index (κ1) is 37.8. The second-order valence-corrected chi connectivity index (χ2v) is 17.2. The SMILES string of the molecule is c1ccc(-c2c(-c3ccccc3)c3cc(-c4ccc(N(c5ccc(-c6cc7ccccc7c7ccccc67)cc5)c5cccc6c5oc5ccccc56)cc4)ccc3c3ccccc23)cc1. The fourth-order valence-electron chi connectivity index (χ4n) is 10.4. The summed E-state index contributed by atoms with van der Waals surface area (Å²) in [5, 5.41) is 12.2. The molecule has 12 aromatic carbocycles. The van der Waals surface area contributed by atoms with Crippen LogP contribution in [0, 0.1) is 0 Å². The van der Waals surface area contributed by atoms with Gasteiger partial charge in [-0.05, 0) is 136 Å². The van der Waals surface area contributed by atoms with Gasteiger partial charge in [-0.1, -0.05) is 200 Å². The van der Waals surface area contributed by atoms with Gasteiger partial charge in [-0.3, -0.25) is 0 Å². The molecule has 0 saturated heterocycles. The minimum Gasteiger partial charge on any atom is -0.454 e. The Kier molecular flexibility index (Phi) is 8.89. The molecule has 1 heterocycles. The zero-order valence-corrected chi connectivity index (χ0v) is 36.0. The first-order valence-corrected chi connectivity index (χ1v) is 22.7. The molecule has 0 amide bonds. The molecule has 0 aliphatic heterocycles. The van der Waals surface area contributed by atoms with E-state index in [1.54, 1.807) is 0 Å². The van der Waals surface area contributed by atoms with Crippen molar-refractivity contribution in [3.8, 4) is 44.5 Å². The van der Waals surface area contributed by atoms with E-state index in [4.69, 9.17) is 4.42 Å². The Balaban J connectivity index is 0.965. The molecule has 2 nitrogen and oxygen atoms in total. The van der Waals surface area contributed by atoms with E-state index < -0.39 is 0 Å². The molecule has 2 heteroatoms. The second-order valence-electron chi connectivity index (χ2n) is 17.2. The molecule has 0 aliphatic rings. The number of hydrogen-bond acceptors (Lipinski definition) is 2. The molecular weight excluding hydrogens is 799 g/mol. The van der Waals surface area contributed by atoms with Crippen LogP contribution in [-0.4, -0.2) is 0 Å². The predicted molar refractivity (Wildman–Crippen MR) is 280 cm³/mol. The van der Waals surface area contributed by atoms with E-state index in [2.05, 4.69) is 248 Å². The summed E-state index contributed by atoms with van der Waals surface area (Å²) in [6, 6.07) is 90.1. The summed E-state index contributed by atoms with van der Waals surface area (Å²) in [5.74, 6) is 0. The number of fused-ring (bicyclic) bond motifs is 9. The standard InChI is InChI=1S/C64H41NO/c1-3-16-44(17-4-1)62-56-26-12-11-23-52(56)54-39-34-46(40-59(54)63(62)45-18-5-2-6-19-45)42-30-35-48(36-31-42)65(60-28-15-27-57-55-25-13-14-29-61(55)66-64(57)60)49-37-32-43(33-38-49)58-41-47-20-7-8-21-50(47)51-22-9-10-24-53(51)58/h1-41H. The summed E-state index contributed by atoms with van der Waals surface area (Å²) in [7, 11) is 0. The highest BCUT2D eigenvalue weighted by Gasteiger charge is 2.21. The number of nitrogens with zero attached hydrogens (tertiary/aromatic N) is 1. The molecule has 0 N–H and O–H groups in total. The zero-order chi connectivity index (χ0) is 43.6. The van der Waals surface area contributed by atoms with Gasteiger partial charge in [0.1, 0.15) is 5.58 Å². The molecule has 66 heavy (non-hydrogen) atoms. The average Bonchev–Trinajstić information content (AvgIpc) is 3.78. The van der Waals surface area contributed by atoms with Gasteiger partial charge in [0.2, 0.25) is 0 Å². The van der Waals surface area contributed by atoms with Crippen molar-refractivity contribution in [3.05, 3.63) is 249 Å². The van der Waals surface area contributed by atoms with E-state index in [1.807, 2.05) is 6.07 Å². The Labute approximate surface area is 382 Å². The molecule has 308 valence electrons. The number of rotatable bonds is 7. The van der Waals surface area contributed by atoms with Gasteiger partial charge in [0, 0.05) is 22.1 Å². The van der Waals surface area contributed by atoms with Gasteiger partial charge in [-0.2, -0.15) is 0 Å². The van der Waals surface area contributed by atoms with Crippen LogP contribution in [0.4, 0.5) is 17.1 Å². The average molecular weight is 840 g/mol. The third-order valence-electron chi connectivity index (χ3n) is 13.4. The van der Waals surface area contributed by atoms with Gasteiger partial charge in [-0.25, -0.2) is 0 Å². The molecule has 0 unspecified atom stereocenters. The van der Waals surface area contributed by atoms with Crippen molar-refractivity contribution in [2.45, 2.75) is 0 Å². The second kappa shape index (κ2) is 15.5. The van der Waals surface area contributed by atoms with Crippen LogP contribution >= 0.6 is 0 Å². The Morgan fingerprint density at radius 2 is 0.773 bits per heavy atom. The van der Waals surface area contributed by atoms with Gasteiger partial charge in [-0.15, -0.1) is 0 Å². The number of hydrogen-bond donors (Lipinski definition) is 0. The molecule has 0 atom stereocenters. The molecule has 13 rings (SSSR count). The minimum atomic E-state index is 0.858. The summed E-state index contributed by atoms with van der Waals surface area (Å²) in [4.78, 5) is 2.34. The lowest BCUT2D eigenvalue weighted by Gasteiger charge is -2.26. The van der Waals surface area contributed by atoms with Gasteiger partial charge in [0.05, 0.1) is 5.69 Å². The number of para-hydroxylation sites is 2. The lowest BCUT2D eigenvalue weighted by atomic mass is 9.84. The van der Waals surface area contributed by atoms with Crippen molar-refractivity contribution in [2.24, 2.45) is 0 Å². The van der Waals surface area contributed by atoms with Crippen LogP contribution in [0.25, 0.3) is 110 Å². The van der Waals surface area contributed by atoms with E-state index in [1.165, 1.54) is 82.0 Å². The first-order valence-electron chi connectivity index (χ1n) is 22.7. The van der Waals surface area contributed by atoms with Crippen LogP contribution in [0.3, 0.4) is 0 Å². The minimum absolute atomic E-state index is 0.858. The van der Waals surface area contributed by atoms with E-state index in [0.29, 0.717) is 0 Å². The lowest BCUT2D eigenvalue weighted by molar-refractivity contribution is 0.669. The maximum Gasteiger partial charge on any atom is 0.159 e. The van der Waals surface area contributed by atoms with Crippen LogP contribution < -0.4 is 4.90 Å². The molecule has 0 bridgehead atoms. The van der Waals surface area contributed by atoms with Crippen LogP contribution in [0.2, 0.25) is 0 Å². The molecule has 0 fully saturated rings. The Morgan fingerprint density at radius 3 is 1.47 bits per heavy atom. The molecule has 1 aromatic heterocycles. The predicted octanol–water partition coefficient (Wildman–Crippen LogP) is 18.3. The highest BCUT2D eigenvalue weighted by molar-refractivity contribution is 6.22. The largest absolute Gasteiger partial charge is 0.454 e. The molecule has 13 aromatic rings. The van der Waals surface area contributed by atoms with Gasteiger partial charge in [0.15, 0.2) is 5.58 Å². The third kappa shape index (κ3) is 6.18. The van der Waals surface area contributed by atoms with Crippen molar-refractivity contribution in [1.29, 1.82) is 0 Å². The van der Waals surface area contributed by atoms with Crippen molar-refractivity contribution in [2.75, 3.05) is 4.90 Å².